The van der Waals surface area contributed by atoms with Gasteiger partial charge in [-0.1, -0.05) is 23.7 Å². The predicted octanol–water partition coefficient (Wildman–Crippen LogP) is 5.21. The highest BCUT2D eigenvalue weighted by atomic mass is 35.5. The summed E-state index contributed by atoms with van der Waals surface area (Å²) in [5.41, 5.74) is 4.98. The molecule has 0 saturated carbocycles. The summed E-state index contributed by atoms with van der Waals surface area (Å²) < 4.78 is 27.7. The van der Waals surface area contributed by atoms with Crippen molar-refractivity contribution in [3.63, 3.8) is 0 Å². The number of aryl methyl sites for hydroxylation is 1. The number of benzene rings is 2. The Kier molecular flexibility index (Phi) is 9.43. The van der Waals surface area contributed by atoms with Crippen LogP contribution in [-0.2, 0) is 29.2 Å². The molecule has 44 heavy (non-hydrogen) atoms. The molecule has 5 rings (SSSR count). The number of hydrogen-bond donors (Lipinski definition) is 3. The predicted molar refractivity (Wildman–Crippen MR) is 169 cm³/mol. The van der Waals surface area contributed by atoms with Crippen LogP contribution in [0.15, 0.2) is 76.2 Å². The van der Waals surface area contributed by atoms with Gasteiger partial charge in [-0.15, -0.1) is 4.36 Å². The first-order chi connectivity index (χ1) is 21.2. The molecule has 0 spiro atoms. The van der Waals surface area contributed by atoms with Gasteiger partial charge in [-0.2, -0.15) is 0 Å². The third kappa shape index (κ3) is 6.99. The number of nitrogens with one attached hydrogen (secondary N) is 2. The second-order valence-corrected chi connectivity index (χ2v) is 12.2. The number of carbonyl (C=O) groups is 2. The van der Waals surface area contributed by atoms with Gasteiger partial charge in [0.05, 0.1) is 30.4 Å². The molecular formula is C31H31ClN6O5S. The van der Waals surface area contributed by atoms with Gasteiger partial charge in [-0.3, -0.25) is 9.78 Å². The molecule has 11 nitrogen and oxygen atoms in total. The minimum Gasteiger partial charge on any atom is -0.496 e. The van der Waals surface area contributed by atoms with Crippen LogP contribution in [0.2, 0.25) is 5.02 Å². The maximum atomic E-state index is 13.4. The molecule has 1 unspecified atom stereocenters. The molecule has 0 bridgehead atoms. The van der Waals surface area contributed by atoms with Crippen LogP contribution in [0.1, 0.15) is 33.6 Å². The summed E-state index contributed by atoms with van der Waals surface area (Å²) in [6.45, 7) is 0.334. The maximum Gasteiger partial charge on any atom is 0.354 e. The van der Waals surface area contributed by atoms with Crippen LogP contribution in [0.4, 0.5) is 10.5 Å². The van der Waals surface area contributed by atoms with Crippen LogP contribution in [0.25, 0.3) is 11.1 Å². The van der Waals surface area contributed by atoms with Crippen molar-refractivity contribution in [2.75, 3.05) is 26.1 Å². The molecule has 13 heteroatoms. The first-order valence-corrected chi connectivity index (χ1v) is 15.7. The van der Waals surface area contributed by atoms with Gasteiger partial charge in [0.1, 0.15) is 15.7 Å². The van der Waals surface area contributed by atoms with Gasteiger partial charge >= 0.3 is 6.03 Å². The average Bonchev–Trinajstić information content (AvgIpc) is 3.51. The zero-order valence-corrected chi connectivity index (χ0v) is 25.7. The molecule has 3 amide bonds. The smallest absolute Gasteiger partial charge is 0.354 e. The third-order valence-corrected chi connectivity index (χ3v) is 8.80. The van der Waals surface area contributed by atoms with Gasteiger partial charge in [0, 0.05) is 41.3 Å². The number of amides is 3. The Balaban J connectivity index is 1.28. The van der Waals surface area contributed by atoms with Gasteiger partial charge in [-0.05, 0) is 78.8 Å². The number of rotatable bonds is 9. The first kappa shape index (κ1) is 30.9. The molecule has 0 fully saturated rings. The molecule has 2 aromatic carbocycles. The summed E-state index contributed by atoms with van der Waals surface area (Å²) in [7, 11) is -0.552. The third-order valence-electron chi connectivity index (χ3n) is 7.18. The molecular weight excluding hydrogens is 604 g/mol. The highest BCUT2D eigenvalue weighted by Gasteiger charge is 2.23. The van der Waals surface area contributed by atoms with Crippen LogP contribution < -0.4 is 25.2 Å². The fourth-order valence-corrected chi connectivity index (χ4v) is 6.08. The number of fused-ring (bicyclic) bond motifs is 1. The van der Waals surface area contributed by atoms with E-state index in [0.29, 0.717) is 46.4 Å². The highest BCUT2D eigenvalue weighted by Crippen LogP contribution is 2.37. The Morgan fingerprint density at radius 1 is 1.05 bits per heavy atom. The number of aromatic nitrogens is 2. The summed E-state index contributed by atoms with van der Waals surface area (Å²) in [6, 6.07) is 14.1. The lowest BCUT2D eigenvalue weighted by atomic mass is 10.0. The van der Waals surface area contributed by atoms with Crippen molar-refractivity contribution < 1.29 is 23.3 Å². The molecule has 4 aromatic rings. The van der Waals surface area contributed by atoms with E-state index in [1.54, 1.807) is 67.0 Å². The molecule has 228 valence electrons. The highest BCUT2D eigenvalue weighted by molar-refractivity contribution is 7.91. The number of urea groups is 1. The molecule has 0 aliphatic heterocycles. The van der Waals surface area contributed by atoms with Crippen molar-refractivity contribution in [1.82, 2.24) is 15.3 Å². The summed E-state index contributed by atoms with van der Waals surface area (Å²) >= 11 is 6.03. The first-order valence-electron chi connectivity index (χ1n) is 13.8. The topological polar surface area (TPSA) is 158 Å². The summed E-state index contributed by atoms with van der Waals surface area (Å²) in [6.07, 6.45) is 6.24. The summed E-state index contributed by atoms with van der Waals surface area (Å²) in [5.74, 6) is 0.521. The second kappa shape index (κ2) is 13.4. The van der Waals surface area contributed by atoms with E-state index in [2.05, 4.69) is 25.0 Å². The van der Waals surface area contributed by atoms with Crippen LogP contribution in [-0.4, -0.2) is 46.9 Å². The van der Waals surface area contributed by atoms with Crippen molar-refractivity contribution in [2.45, 2.75) is 30.6 Å². The number of halogens is 1. The zero-order valence-electron chi connectivity index (χ0n) is 24.1. The van der Waals surface area contributed by atoms with Crippen LogP contribution in [0, 0.1) is 0 Å². The van der Waals surface area contributed by atoms with E-state index in [4.69, 9.17) is 26.2 Å². The van der Waals surface area contributed by atoms with E-state index >= 15 is 0 Å². The number of carbonyl (C=O) groups excluding carboxylic acids is 2. The molecule has 2 heterocycles. The maximum absolute atomic E-state index is 13.4. The van der Waals surface area contributed by atoms with Crippen LogP contribution >= 0.6 is 11.6 Å². The number of ether oxygens (including phenoxy) is 2. The van der Waals surface area contributed by atoms with E-state index < -0.39 is 15.9 Å². The van der Waals surface area contributed by atoms with Gasteiger partial charge < -0.3 is 20.1 Å². The fourth-order valence-electron chi connectivity index (χ4n) is 4.99. The Bertz CT molecular complexity index is 1840. The lowest BCUT2D eigenvalue weighted by Crippen LogP contribution is -2.26. The molecule has 0 saturated heterocycles. The van der Waals surface area contributed by atoms with Crippen molar-refractivity contribution in [3.8, 4) is 22.8 Å². The quantitative estimate of drug-likeness (QED) is 0.228. The van der Waals surface area contributed by atoms with Gasteiger partial charge in [0.25, 0.3) is 5.91 Å². The fraction of sp³-hybridized carbons (Fsp3) is 0.226. The molecule has 1 aliphatic rings. The Morgan fingerprint density at radius 2 is 1.84 bits per heavy atom. The van der Waals surface area contributed by atoms with E-state index in [0.717, 1.165) is 41.6 Å². The largest absolute Gasteiger partial charge is 0.496 e. The number of hydrogen-bond acceptors (Lipinski definition) is 7. The lowest BCUT2D eigenvalue weighted by Gasteiger charge is -2.15. The van der Waals surface area contributed by atoms with Crippen molar-refractivity contribution >= 4 is 39.1 Å². The molecule has 1 atom stereocenters. The van der Waals surface area contributed by atoms with Crippen molar-refractivity contribution in [2.24, 2.45) is 9.50 Å². The molecule has 1 aliphatic carbocycles. The van der Waals surface area contributed by atoms with Crippen molar-refractivity contribution in [3.05, 3.63) is 94.4 Å². The van der Waals surface area contributed by atoms with Crippen LogP contribution in [0.5, 0.6) is 11.6 Å². The second-order valence-electron chi connectivity index (χ2n) is 10.00. The SMILES string of the molecule is COc1cc(-c2cnc3c(c2NC(=O)N=S(N)(=O)c2ccc(CCNC(=O)c4cc(Cl)ccc4OC)cc2)CCC3)ccn1. The standard InChI is InChI=1S/C31H31ClN6O5S/c1-42-27-11-8-21(32)17-24(27)30(39)35-14-12-19-6-9-22(10-7-19)44(33,41)38-31(40)37-29-23-4-3-5-26(23)36-18-25(29)20-13-15-34-28(16-20)43-2/h6-11,13,15-18H,3-5,12,14H2,1-2H3,(H,35,39)(H3,33,36,37,38,40,41). The average molecular weight is 635 g/mol. The normalized spacial score (nSPS) is 13.4. The Hall–Kier alpha value is -4.52. The van der Waals surface area contributed by atoms with E-state index in [1.807, 2.05) is 0 Å². The number of nitrogens with zero attached hydrogens (tertiary/aromatic N) is 3. The summed E-state index contributed by atoms with van der Waals surface area (Å²) in [4.78, 5) is 34.7. The van der Waals surface area contributed by atoms with Crippen LogP contribution in [0.3, 0.4) is 0 Å². The Morgan fingerprint density at radius 3 is 2.59 bits per heavy atom. The zero-order chi connectivity index (χ0) is 31.3. The number of methoxy groups -OCH3 is 2. The Labute approximate surface area is 260 Å². The van der Waals surface area contributed by atoms with Crippen molar-refractivity contribution in [1.29, 1.82) is 0 Å². The minimum absolute atomic E-state index is 0.197. The van der Waals surface area contributed by atoms with E-state index in [-0.39, 0.29) is 10.8 Å². The van der Waals surface area contributed by atoms with Gasteiger partial charge in [0.15, 0.2) is 0 Å². The molecule has 2 aromatic heterocycles. The minimum atomic E-state index is -3.56. The van der Waals surface area contributed by atoms with Gasteiger partial charge in [0.2, 0.25) is 5.88 Å². The molecule has 4 N–H and O–H groups in total. The monoisotopic (exact) mass is 634 g/mol. The number of pyridine rings is 2. The van der Waals surface area contributed by atoms with Gasteiger partial charge in [-0.25, -0.2) is 19.1 Å². The lowest BCUT2D eigenvalue weighted by molar-refractivity contribution is 0.0951. The number of anilines is 1. The number of nitrogens with two attached hydrogens (primary N) is 1. The summed E-state index contributed by atoms with van der Waals surface area (Å²) in [5, 5.41) is 12.2. The molecule has 0 radical (unpaired) electrons. The van der Waals surface area contributed by atoms with E-state index in [1.165, 1.54) is 14.2 Å². The van der Waals surface area contributed by atoms with E-state index in [9.17, 15) is 13.8 Å².